The van der Waals surface area contributed by atoms with E-state index in [1.165, 1.54) is 0 Å². The Morgan fingerprint density at radius 3 is 2.76 bits per heavy atom. The molecule has 96 valence electrons. The number of hydrogen-bond donors (Lipinski definition) is 1. The molecule has 0 aliphatic carbocycles. The highest BCUT2D eigenvalue weighted by Crippen LogP contribution is 2.11. The Labute approximate surface area is 103 Å². The molecular formula is C12H22N4O. The maximum atomic E-state index is 5.61. The third-order valence-corrected chi connectivity index (χ3v) is 2.17. The molecule has 0 bridgehead atoms. The van der Waals surface area contributed by atoms with Gasteiger partial charge in [0.05, 0.1) is 6.61 Å². The summed E-state index contributed by atoms with van der Waals surface area (Å²) in [5, 5.41) is 3.09. The first-order valence-corrected chi connectivity index (χ1v) is 5.99. The van der Waals surface area contributed by atoms with Crippen LogP contribution in [0.4, 0.5) is 5.95 Å². The molecule has 5 heteroatoms. The zero-order chi connectivity index (χ0) is 12.7. The van der Waals surface area contributed by atoms with Crippen LogP contribution in [0.2, 0.25) is 0 Å². The number of nitrogens with zero attached hydrogens (tertiary/aromatic N) is 3. The summed E-state index contributed by atoms with van der Waals surface area (Å²) in [7, 11) is 4.11. The summed E-state index contributed by atoms with van der Waals surface area (Å²) >= 11 is 0. The predicted octanol–water partition coefficient (Wildman–Crippen LogP) is 1.55. The zero-order valence-corrected chi connectivity index (χ0v) is 11.2. The summed E-state index contributed by atoms with van der Waals surface area (Å²) in [6, 6.07) is 1.86. The van der Waals surface area contributed by atoms with Crippen molar-refractivity contribution in [2.75, 3.05) is 39.1 Å². The van der Waals surface area contributed by atoms with Crippen molar-refractivity contribution in [1.29, 1.82) is 0 Å². The van der Waals surface area contributed by atoms with Crippen LogP contribution in [0.15, 0.2) is 6.07 Å². The molecule has 0 radical (unpaired) electrons. The van der Waals surface area contributed by atoms with Crippen LogP contribution in [0.25, 0.3) is 0 Å². The predicted molar refractivity (Wildman–Crippen MR) is 69.6 cm³/mol. The van der Waals surface area contributed by atoms with E-state index in [-0.39, 0.29) is 0 Å². The first kappa shape index (κ1) is 13.7. The van der Waals surface area contributed by atoms with Crippen LogP contribution >= 0.6 is 0 Å². The van der Waals surface area contributed by atoms with Crippen molar-refractivity contribution in [2.24, 2.45) is 0 Å². The number of rotatable bonds is 7. The molecule has 1 aromatic rings. The van der Waals surface area contributed by atoms with E-state index in [2.05, 4.69) is 34.3 Å². The van der Waals surface area contributed by atoms with Crippen molar-refractivity contribution in [3.05, 3.63) is 11.8 Å². The number of ether oxygens (including phenoxy) is 1. The van der Waals surface area contributed by atoms with E-state index in [9.17, 15) is 0 Å². The first-order chi connectivity index (χ1) is 8.11. The number of nitrogens with one attached hydrogen (secondary N) is 1. The van der Waals surface area contributed by atoms with Crippen molar-refractivity contribution >= 4 is 5.95 Å². The number of aryl methyl sites for hydroxylation is 1. The maximum absolute atomic E-state index is 5.61. The monoisotopic (exact) mass is 238 g/mol. The minimum absolute atomic E-state index is 0.634. The van der Waals surface area contributed by atoms with Crippen molar-refractivity contribution in [1.82, 2.24) is 14.9 Å². The fourth-order valence-corrected chi connectivity index (χ4v) is 1.41. The Hall–Kier alpha value is -1.36. The molecule has 0 amide bonds. The Kier molecular flexibility index (Phi) is 5.69. The molecule has 0 unspecified atom stereocenters. The molecule has 0 aromatic carbocycles. The summed E-state index contributed by atoms with van der Waals surface area (Å²) in [5.41, 5.74) is 0.915. The van der Waals surface area contributed by atoms with E-state index in [1.54, 1.807) is 0 Å². The van der Waals surface area contributed by atoms with Crippen LogP contribution in [0.3, 0.4) is 0 Å². The fourth-order valence-electron chi connectivity index (χ4n) is 1.41. The van der Waals surface area contributed by atoms with Crippen molar-refractivity contribution < 1.29 is 4.74 Å². The van der Waals surface area contributed by atoms with Gasteiger partial charge in [0.2, 0.25) is 11.8 Å². The van der Waals surface area contributed by atoms with Gasteiger partial charge < -0.3 is 15.0 Å². The lowest BCUT2D eigenvalue weighted by Gasteiger charge is -2.11. The van der Waals surface area contributed by atoms with E-state index in [4.69, 9.17) is 4.74 Å². The summed E-state index contributed by atoms with van der Waals surface area (Å²) in [5.74, 6) is 1.28. The normalized spacial score (nSPS) is 10.6. The van der Waals surface area contributed by atoms with Gasteiger partial charge >= 0.3 is 0 Å². The van der Waals surface area contributed by atoms with Gasteiger partial charge in [-0.25, -0.2) is 4.98 Å². The molecule has 0 fully saturated rings. The summed E-state index contributed by atoms with van der Waals surface area (Å²) in [4.78, 5) is 10.7. The molecule has 1 heterocycles. The molecule has 1 rings (SSSR count). The van der Waals surface area contributed by atoms with Gasteiger partial charge in [-0.15, -0.1) is 0 Å². The second-order valence-corrected chi connectivity index (χ2v) is 4.21. The number of aromatic nitrogens is 2. The quantitative estimate of drug-likeness (QED) is 0.730. The highest BCUT2D eigenvalue weighted by Gasteiger charge is 2.02. The molecule has 17 heavy (non-hydrogen) atoms. The summed E-state index contributed by atoms with van der Waals surface area (Å²) < 4.78 is 5.61. The first-order valence-electron chi connectivity index (χ1n) is 5.99. The van der Waals surface area contributed by atoms with E-state index in [1.807, 2.05) is 19.9 Å². The second-order valence-electron chi connectivity index (χ2n) is 4.21. The number of anilines is 1. The van der Waals surface area contributed by atoms with Crippen LogP contribution in [-0.2, 0) is 0 Å². The van der Waals surface area contributed by atoms with Crippen LogP contribution < -0.4 is 10.1 Å². The fraction of sp³-hybridized carbons (Fsp3) is 0.667. The molecule has 1 aromatic heterocycles. The molecule has 0 saturated heterocycles. The average Bonchev–Trinajstić information content (AvgIpc) is 2.24. The molecule has 5 nitrogen and oxygen atoms in total. The third-order valence-electron chi connectivity index (χ3n) is 2.17. The van der Waals surface area contributed by atoms with E-state index in [0.717, 1.165) is 25.2 Å². The lowest BCUT2D eigenvalue weighted by molar-refractivity contribution is 0.273. The molecule has 0 aliphatic rings. The SMILES string of the molecule is CCNc1nc(C)cc(OCCCN(C)C)n1. The highest BCUT2D eigenvalue weighted by molar-refractivity contribution is 5.30. The van der Waals surface area contributed by atoms with Crippen molar-refractivity contribution in [3.63, 3.8) is 0 Å². The Bertz CT molecular complexity index is 341. The standard InChI is InChI=1S/C12H22N4O/c1-5-13-12-14-10(2)9-11(15-12)17-8-6-7-16(3)4/h9H,5-8H2,1-4H3,(H,13,14,15). The van der Waals surface area contributed by atoms with Crippen molar-refractivity contribution in [2.45, 2.75) is 20.3 Å². The van der Waals surface area contributed by atoms with Crippen LogP contribution in [0.1, 0.15) is 19.0 Å². The molecule has 1 N–H and O–H groups in total. The van der Waals surface area contributed by atoms with Gasteiger partial charge in [0, 0.05) is 24.8 Å². The van der Waals surface area contributed by atoms with E-state index < -0.39 is 0 Å². The van der Waals surface area contributed by atoms with Gasteiger partial charge in [-0.05, 0) is 34.4 Å². The van der Waals surface area contributed by atoms with Crippen molar-refractivity contribution in [3.8, 4) is 5.88 Å². The molecular weight excluding hydrogens is 216 g/mol. The Balaban J connectivity index is 2.46. The topological polar surface area (TPSA) is 50.3 Å². The lowest BCUT2D eigenvalue weighted by Crippen LogP contribution is -2.16. The largest absolute Gasteiger partial charge is 0.477 e. The Morgan fingerprint density at radius 1 is 1.35 bits per heavy atom. The van der Waals surface area contributed by atoms with Crippen LogP contribution in [0.5, 0.6) is 5.88 Å². The zero-order valence-electron chi connectivity index (χ0n) is 11.2. The van der Waals surface area contributed by atoms with Crippen LogP contribution in [-0.4, -0.2) is 48.7 Å². The summed E-state index contributed by atoms with van der Waals surface area (Å²) in [6.45, 7) is 6.46. The van der Waals surface area contributed by atoms with Gasteiger partial charge in [0.1, 0.15) is 0 Å². The Morgan fingerprint density at radius 2 is 2.12 bits per heavy atom. The highest BCUT2D eigenvalue weighted by atomic mass is 16.5. The van der Waals surface area contributed by atoms with Gasteiger partial charge in [0.15, 0.2) is 0 Å². The molecule has 0 atom stereocenters. The van der Waals surface area contributed by atoms with E-state index in [0.29, 0.717) is 18.4 Å². The van der Waals surface area contributed by atoms with E-state index >= 15 is 0 Å². The van der Waals surface area contributed by atoms with Gasteiger partial charge in [-0.2, -0.15) is 4.98 Å². The third kappa shape index (κ3) is 5.49. The maximum Gasteiger partial charge on any atom is 0.226 e. The minimum Gasteiger partial charge on any atom is -0.477 e. The van der Waals surface area contributed by atoms with Gasteiger partial charge in [0.25, 0.3) is 0 Å². The second kappa shape index (κ2) is 7.06. The summed E-state index contributed by atoms with van der Waals surface area (Å²) in [6.07, 6.45) is 0.993. The smallest absolute Gasteiger partial charge is 0.226 e. The lowest BCUT2D eigenvalue weighted by atomic mass is 10.4. The van der Waals surface area contributed by atoms with Gasteiger partial charge in [-0.3, -0.25) is 0 Å². The average molecular weight is 238 g/mol. The molecule has 0 aliphatic heterocycles. The minimum atomic E-state index is 0.634. The molecule has 0 spiro atoms. The molecule has 0 saturated carbocycles. The van der Waals surface area contributed by atoms with Crippen LogP contribution in [0, 0.1) is 6.92 Å². The number of hydrogen-bond acceptors (Lipinski definition) is 5. The van der Waals surface area contributed by atoms with Gasteiger partial charge in [-0.1, -0.05) is 0 Å².